The third-order valence-electron chi connectivity index (χ3n) is 4.36. The van der Waals surface area contributed by atoms with Gasteiger partial charge in [0.2, 0.25) is 10.0 Å². The van der Waals surface area contributed by atoms with Crippen LogP contribution >= 0.6 is 11.6 Å². The molecule has 14 heteroatoms. The van der Waals surface area contributed by atoms with Crippen LogP contribution in [0.2, 0.25) is 5.02 Å². The fraction of sp³-hybridized carbons (Fsp3) is 0.263. The van der Waals surface area contributed by atoms with Gasteiger partial charge in [0.15, 0.2) is 5.82 Å². The molecular formula is C19H21ClFN7O4S. The molecule has 0 aliphatic heterocycles. The van der Waals surface area contributed by atoms with Crippen LogP contribution < -0.4 is 15.4 Å². The van der Waals surface area contributed by atoms with Crippen molar-refractivity contribution in [2.45, 2.75) is 13.0 Å². The molecule has 0 fully saturated rings. The highest BCUT2D eigenvalue weighted by Crippen LogP contribution is 2.37. The van der Waals surface area contributed by atoms with Crippen molar-refractivity contribution in [2.75, 3.05) is 29.9 Å². The summed E-state index contributed by atoms with van der Waals surface area (Å²) in [6.45, 7) is 2.09. The zero-order valence-electron chi connectivity index (χ0n) is 17.8. The maximum absolute atomic E-state index is 15.2. The normalized spacial score (nSPS) is 12.2. The first-order valence-corrected chi connectivity index (χ1v) is 11.7. The molecule has 0 spiro atoms. The number of H-pyrrole nitrogens is 1. The van der Waals surface area contributed by atoms with Gasteiger partial charge in [0, 0.05) is 28.7 Å². The molecule has 33 heavy (non-hydrogen) atoms. The van der Waals surface area contributed by atoms with E-state index in [1.165, 1.54) is 38.0 Å². The Hall–Kier alpha value is -3.45. The van der Waals surface area contributed by atoms with Gasteiger partial charge in [-0.3, -0.25) is 9.82 Å². The number of ether oxygens (including phenoxy) is 1. The first kappa shape index (κ1) is 24.2. The standard InChI is InChI=1S/C19H21ClFN7O4S/c1-10(26-19(29)32-2)6-23-15-8-22-9-24-18(15)13-7-25-27-17(13)12-4-11(20)5-14(16(12)21)28-33(3,30)31/h4-5,7-10,23,28H,6H2,1-3H3,(H,25,27)(H,26,29)/t10-/m0/s1. The molecule has 2 aromatic heterocycles. The first-order valence-electron chi connectivity index (χ1n) is 9.48. The zero-order chi connectivity index (χ0) is 24.2. The minimum Gasteiger partial charge on any atom is -0.453 e. The van der Waals surface area contributed by atoms with Crippen LogP contribution in [-0.4, -0.2) is 60.6 Å². The van der Waals surface area contributed by atoms with Crippen LogP contribution in [-0.2, 0) is 14.8 Å². The number of halogens is 2. The second kappa shape index (κ2) is 10.0. The Labute approximate surface area is 194 Å². The van der Waals surface area contributed by atoms with Gasteiger partial charge in [0.25, 0.3) is 0 Å². The van der Waals surface area contributed by atoms with Gasteiger partial charge < -0.3 is 15.4 Å². The molecule has 3 aromatic rings. The summed E-state index contributed by atoms with van der Waals surface area (Å²) in [6.07, 6.45) is 4.63. The summed E-state index contributed by atoms with van der Waals surface area (Å²) in [5.74, 6) is -0.838. The Morgan fingerprint density at radius 1 is 1.27 bits per heavy atom. The fourth-order valence-electron chi connectivity index (χ4n) is 2.96. The van der Waals surface area contributed by atoms with E-state index in [0.29, 0.717) is 23.5 Å². The van der Waals surface area contributed by atoms with Gasteiger partial charge in [0.05, 0.1) is 42.8 Å². The molecule has 3 rings (SSSR count). The van der Waals surface area contributed by atoms with Crippen molar-refractivity contribution in [3.63, 3.8) is 0 Å². The van der Waals surface area contributed by atoms with Gasteiger partial charge >= 0.3 is 6.09 Å². The van der Waals surface area contributed by atoms with Crippen molar-refractivity contribution in [1.29, 1.82) is 0 Å². The number of aromatic amines is 1. The maximum Gasteiger partial charge on any atom is 0.407 e. The Balaban J connectivity index is 1.98. The summed E-state index contributed by atoms with van der Waals surface area (Å²) in [6, 6.07) is 2.23. The summed E-state index contributed by atoms with van der Waals surface area (Å²) in [4.78, 5) is 19.7. The van der Waals surface area contributed by atoms with Crippen LogP contribution in [0.4, 0.5) is 20.6 Å². The average Bonchev–Trinajstić information content (AvgIpc) is 3.23. The minimum absolute atomic E-state index is 0.00793. The van der Waals surface area contributed by atoms with Crippen LogP contribution in [0.25, 0.3) is 22.5 Å². The molecular weight excluding hydrogens is 477 g/mol. The highest BCUT2D eigenvalue weighted by molar-refractivity contribution is 7.92. The number of carbonyl (C=O) groups is 1. The summed E-state index contributed by atoms with van der Waals surface area (Å²) in [5.41, 5.74) is 1.23. The molecule has 1 amide bonds. The minimum atomic E-state index is -3.74. The van der Waals surface area contributed by atoms with E-state index in [4.69, 9.17) is 11.6 Å². The summed E-state index contributed by atoms with van der Waals surface area (Å²) < 4.78 is 45.1. The smallest absolute Gasteiger partial charge is 0.407 e. The number of hydrogen-bond acceptors (Lipinski definition) is 8. The van der Waals surface area contributed by atoms with E-state index < -0.39 is 21.9 Å². The lowest BCUT2D eigenvalue weighted by Gasteiger charge is -2.16. The van der Waals surface area contributed by atoms with Gasteiger partial charge in [-0.25, -0.2) is 27.6 Å². The Kier molecular flexibility index (Phi) is 7.33. The molecule has 0 bridgehead atoms. The van der Waals surface area contributed by atoms with Crippen molar-refractivity contribution in [3.8, 4) is 22.5 Å². The quantitative estimate of drug-likeness (QED) is 0.371. The predicted molar refractivity (Wildman–Crippen MR) is 122 cm³/mol. The average molecular weight is 498 g/mol. The number of methoxy groups -OCH3 is 1. The molecule has 0 saturated heterocycles. The lowest BCUT2D eigenvalue weighted by atomic mass is 10.0. The van der Waals surface area contributed by atoms with Gasteiger partial charge in [-0.1, -0.05) is 11.6 Å². The van der Waals surface area contributed by atoms with Gasteiger partial charge in [-0.2, -0.15) is 5.10 Å². The number of aromatic nitrogens is 4. The molecule has 2 heterocycles. The molecule has 4 N–H and O–H groups in total. The van der Waals surface area contributed by atoms with Crippen LogP contribution in [0.3, 0.4) is 0 Å². The predicted octanol–water partition coefficient (Wildman–Crippen LogP) is 2.85. The number of hydrogen-bond donors (Lipinski definition) is 4. The highest BCUT2D eigenvalue weighted by Gasteiger charge is 2.21. The molecule has 0 saturated carbocycles. The van der Waals surface area contributed by atoms with Crippen LogP contribution in [0.5, 0.6) is 0 Å². The number of rotatable bonds is 8. The number of benzene rings is 1. The molecule has 11 nitrogen and oxygen atoms in total. The Morgan fingerprint density at radius 3 is 2.73 bits per heavy atom. The summed E-state index contributed by atoms with van der Waals surface area (Å²) in [7, 11) is -2.47. The van der Waals surface area contributed by atoms with E-state index in [2.05, 4.69) is 40.3 Å². The largest absolute Gasteiger partial charge is 0.453 e. The van der Waals surface area contributed by atoms with Crippen molar-refractivity contribution in [1.82, 2.24) is 25.5 Å². The summed E-state index contributed by atoms with van der Waals surface area (Å²) >= 11 is 6.12. The van der Waals surface area contributed by atoms with E-state index in [1.54, 1.807) is 6.92 Å². The number of anilines is 2. The van der Waals surface area contributed by atoms with E-state index >= 15 is 4.39 Å². The molecule has 0 unspecified atom stereocenters. The molecule has 0 aliphatic carbocycles. The van der Waals surface area contributed by atoms with Crippen molar-refractivity contribution < 1.29 is 22.3 Å². The third kappa shape index (κ3) is 6.08. The lowest BCUT2D eigenvalue weighted by molar-refractivity contribution is 0.168. The first-order chi connectivity index (χ1) is 15.6. The van der Waals surface area contributed by atoms with Gasteiger partial charge in [-0.05, 0) is 19.1 Å². The van der Waals surface area contributed by atoms with Crippen LogP contribution in [0, 0.1) is 5.82 Å². The number of sulfonamides is 1. The number of amides is 1. The number of nitrogens with one attached hydrogen (secondary N) is 4. The van der Waals surface area contributed by atoms with Crippen molar-refractivity contribution in [2.24, 2.45) is 0 Å². The number of alkyl carbamates (subject to hydrolysis) is 1. The second-order valence-corrected chi connectivity index (χ2v) is 9.24. The van der Waals surface area contributed by atoms with E-state index in [-0.39, 0.29) is 28.0 Å². The molecule has 0 aliphatic rings. The van der Waals surface area contributed by atoms with E-state index in [9.17, 15) is 13.2 Å². The maximum atomic E-state index is 15.2. The molecule has 0 radical (unpaired) electrons. The topological polar surface area (TPSA) is 151 Å². The number of carbonyl (C=O) groups excluding carboxylic acids is 1. The Bertz CT molecular complexity index is 1270. The fourth-order valence-corrected chi connectivity index (χ4v) is 3.73. The van der Waals surface area contributed by atoms with E-state index in [1.807, 2.05) is 0 Å². The lowest BCUT2D eigenvalue weighted by Crippen LogP contribution is -2.37. The van der Waals surface area contributed by atoms with Crippen LogP contribution in [0.15, 0.2) is 30.9 Å². The van der Waals surface area contributed by atoms with E-state index in [0.717, 1.165) is 6.26 Å². The second-order valence-electron chi connectivity index (χ2n) is 7.05. The highest BCUT2D eigenvalue weighted by atomic mass is 35.5. The molecule has 1 aromatic carbocycles. The van der Waals surface area contributed by atoms with Gasteiger partial charge in [-0.15, -0.1) is 0 Å². The monoisotopic (exact) mass is 497 g/mol. The summed E-state index contributed by atoms with van der Waals surface area (Å²) in [5, 5.41) is 12.6. The SMILES string of the molecule is COC(=O)N[C@@H](C)CNc1cncnc1-c1cn[nH]c1-c1cc(Cl)cc(NS(C)(=O)=O)c1F. The van der Waals surface area contributed by atoms with Crippen molar-refractivity contribution >= 4 is 39.1 Å². The third-order valence-corrected chi connectivity index (χ3v) is 5.17. The van der Waals surface area contributed by atoms with Gasteiger partial charge in [0.1, 0.15) is 12.0 Å². The van der Waals surface area contributed by atoms with Crippen molar-refractivity contribution in [3.05, 3.63) is 41.7 Å². The number of nitrogens with zero attached hydrogens (tertiary/aromatic N) is 3. The Morgan fingerprint density at radius 2 is 2.03 bits per heavy atom. The zero-order valence-corrected chi connectivity index (χ0v) is 19.4. The molecule has 176 valence electrons. The molecule has 1 atom stereocenters. The van der Waals surface area contributed by atoms with Crippen LogP contribution in [0.1, 0.15) is 6.92 Å².